The molecule has 0 bridgehead atoms. The Morgan fingerprint density at radius 3 is 2.50 bits per heavy atom. The summed E-state index contributed by atoms with van der Waals surface area (Å²) in [6, 6.07) is 8.09. The molecule has 1 N–H and O–H groups in total. The molecule has 1 aromatic carbocycles. The Balaban J connectivity index is 2.82. The van der Waals surface area contributed by atoms with Gasteiger partial charge in [0.2, 0.25) is 0 Å². The maximum Gasteiger partial charge on any atom is 0.0991 e. The van der Waals surface area contributed by atoms with Crippen LogP contribution >= 0.6 is 0 Å². The molecule has 2 nitrogen and oxygen atoms in total. The Hall–Kier alpha value is -1.53. The van der Waals surface area contributed by atoms with Gasteiger partial charge in [-0.05, 0) is 30.3 Å². The lowest BCUT2D eigenvalue weighted by atomic mass is 10.2. The van der Waals surface area contributed by atoms with Crippen LogP contribution in [0.4, 0.5) is 0 Å². The largest absolute Gasteiger partial charge is 0.359 e. The third kappa shape index (κ3) is 1.66. The molecule has 1 aromatic heterocycles. The Kier molecular flexibility index (Phi) is 2.40. The molecule has 0 atom stereocenters. The van der Waals surface area contributed by atoms with E-state index in [0.717, 1.165) is 11.1 Å². The predicted molar refractivity (Wildman–Crippen MR) is 70.7 cm³/mol. The Morgan fingerprint density at radius 1 is 1.25 bits per heavy atom. The molecule has 2 aromatic rings. The molecule has 0 aliphatic rings. The molecular formula is C13H16N2Si. The molecule has 82 valence electrons. The molecule has 0 aliphatic carbocycles. The molecular weight excluding hydrogens is 212 g/mol. The average molecular weight is 228 g/mol. The first-order valence-electron chi connectivity index (χ1n) is 5.46. The number of hydrogen-bond donors (Lipinski definition) is 1. The Labute approximate surface area is 96.9 Å². The highest BCUT2D eigenvalue weighted by atomic mass is 28.3. The maximum absolute atomic E-state index is 8.95. The number of aryl methyl sites for hydroxylation is 1. The Morgan fingerprint density at radius 2 is 1.94 bits per heavy atom. The number of nitrogens with zero attached hydrogens (tertiary/aromatic N) is 1. The minimum absolute atomic E-state index is 0.742. The van der Waals surface area contributed by atoms with Crippen molar-refractivity contribution in [3.8, 4) is 6.07 Å². The molecule has 2 rings (SSSR count). The lowest BCUT2D eigenvalue weighted by Crippen LogP contribution is -2.38. The molecule has 0 radical (unpaired) electrons. The first-order valence-corrected chi connectivity index (χ1v) is 8.96. The van der Waals surface area contributed by atoms with Crippen molar-refractivity contribution in [1.29, 1.82) is 5.26 Å². The van der Waals surface area contributed by atoms with Crippen LogP contribution in [0.3, 0.4) is 0 Å². The summed E-state index contributed by atoms with van der Waals surface area (Å²) in [4.78, 5) is 3.41. The van der Waals surface area contributed by atoms with E-state index in [1.807, 2.05) is 18.2 Å². The highest BCUT2D eigenvalue weighted by Crippen LogP contribution is 2.19. The third-order valence-electron chi connectivity index (χ3n) is 2.87. The number of nitrogens with one attached hydrogen (secondary N) is 1. The number of aromatic nitrogens is 1. The van der Waals surface area contributed by atoms with Crippen molar-refractivity contribution < 1.29 is 0 Å². The summed E-state index contributed by atoms with van der Waals surface area (Å²) in [5, 5.41) is 11.6. The zero-order chi connectivity index (χ0) is 11.9. The summed E-state index contributed by atoms with van der Waals surface area (Å²) < 4.78 is 0. The minimum Gasteiger partial charge on any atom is -0.359 e. The van der Waals surface area contributed by atoms with E-state index < -0.39 is 8.07 Å². The second-order valence-corrected chi connectivity index (χ2v) is 10.2. The quantitative estimate of drug-likeness (QED) is 0.749. The molecule has 0 aliphatic heterocycles. The average Bonchev–Trinajstić information content (AvgIpc) is 2.51. The fraction of sp³-hybridized carbons (Fsp3) is 0.308. The number of hydrogen-bond acceptors (Lipinski definition) is 1. The van der Waals surface area contributed by atoms with Gasteiger partial charge >= 0.3 is 0 Å². The minimum atomic E-state index is -1.37. The maximum atomic E-state index is 8.95. The summed E-state index contributed by atoms with van der Waals surface area (Å²) in [5.41, 5.74) is 3.14. The van der Waals surface area contributed by atoms with Crippen LogP contribution < -0.4 is 5.19 Å². The van der Waals surface area contributed by atoms with Gasteiger partial charge in [-0.1, -0.05) is 19.6 Å². The molecule has 0 saturated carbocycles. The van der Waals surface area contributed by atoms with E-state index >= 15 is 0 Å². The van der Waals surface area contributed by atoms with Gasteiger partial charge in [-0.25, -0.2) is 0 Å². The van der Waals surface area contributed by atoms with Crippen LogP contribution in [-0.2, 0) is 0 Å². The lowest BCUT2D eigenvalue weighted by molar-refractivity contribution is 1.31. The molecule has 0 unspecified atom stereocenters. The zero-order valence-electron chi connectivity index (χ0n) is 10.2. The van der Waals surface area contributed by atoms with E-state index in [-0.39, 0.29) is 0 Å². The summed E-state index contributed by atoms with van der Waals surface area (Å²) in [6.07, 6.45) is 0. The van der Waals surface area contributed by atoms with E-state index in [0.29, 0.717) is 0 Å². The van der Waals surface area contributed by atoms with Crippen LogP contribution in [0.15, 0.2) is 18.2 Å². The number of rotatable bonds is 1. The lowest BCUT2D eigenvalue weighted by Gasteiger charge is -2.16. The zero-order valence-corrected chi connectivity index (χ0v) is 11.2. The first-order chi connectivity index (χ1) is 7.43. The van der Waals surface area contributed by atoms with Gasteiger partial charge in [0, 0.05) is 16.6 Å². The monoisotopic (exact) mass is 228 g/mol. The molecule has 3 heteroatoms. The summed E-state index contributed by atoms with van der Waals surface area (Å²) in [5.74, 6) is 0. The van der Waals surface area contributed by atoms with Crippen LogP contribution in [0.5, 0.6) is 0 Å². The molecule has 0 spiro atoms. The van der Waals surface area contributed by atoms with Crippen molar-refractivity contribution in [2.45, 2.75) is 26.6 Å². The van der Waals surface area contributed by atoms with E-state index in [9.17, 15) is 0 Å². The summed E-state index contributed by atoms with van der Waals surface area (Å²) in [7, 11) is -1.37. The normalized spacial score (nSPS) is 11.7. The van der Waals surface area contributed by atoms with Crippen molar-refractivity contribution >= 4 is 24.2 Å². The number of H-pyrrole nitrogens is 1. The van der Waals surface area contributed by atoms with Gasteiger partial charge < -0.3 is 4.98 Å². The SMILES string of the molecule is Cc1[nH]c2ccc(C#N)cc2c1[Si](C)(C)C. The molecule has 0 fully saturated rings. The van der Waals surface area contributed by atoms with Crippen molar-refractivity contribution in [2.24, 2.45) is 0 Å². The van der Waals surface area contributed by atoms with Gasteiger partial charge in [-0.15, -0.1) is 0 Å². The number of fused-ring (bicyclic) bond motifs is 1. The van der Waals surface area contributed by atoms with Gasteiger partial charge in [0.05, 0.1) is 19.7 Å². The van der Waals surface area contributed by atoms with Crippen LogP contribution in [0.25, 0.3) is 10.9 Å². The number of aromatic amines is 1. The first kappa shape index (κ1) is 11.0. The van der Waals surface area contributed by atoms with Crippen LogP contribution in [0, 0.1) is 18.3 Å². The van der Waals surface area contributed by atoms with E-state index in [2.05, 4.69) is 37.6 Å². The van der Waals surface area contributed by atoms with Crippen molar-refractivity contribution in [3.05, 3.63) is 29.5 Å². The highest BCUT2D eigenvalue weighted by Gasteiger charge is 2.23. The number of benzene rings is 1. The van der Waals surface area contributed by atoms with Crippen molar-refractivity contribution in [1.82, 2.24) is 4.98 Å². The molecule has 1 heterocycles. The van der Waals surface area contributed by atoms with Crippen molar-refractivity contribution in [3.63, 3.8) is 0 Å². The highest BCUT2D eigenvalue weighted by molar-refractivity contribution is 6.90. The van der Waals surface area contributed by atoms with E-state index in [1.54, 1.807) is 0 Å². The van der Waals surface area contributed by atoms with Gasteiger partial charge in [-0.2, -0.15) is 5.26 Å². The van der Waals surface area contributed by atoms with Crippen LogP contribution in [0.2, 0.25) is 19.6 Å². The molecule has 0 amide bonds. The summed E-state index contributed by atoms with van der Waals surface area (Å²) >= 11 is 0. The molecule has 0 saturated heterocycles. The molecule has 16 heavy (non-hydrogen) atoms. The third-order valence-corrected chi connectivity index (χ3v) is 5.01. The second-order valence-electron chi connectivity index (χ2n) is 5.25. The standard InChI is InChI=1S/C13H16N2Si/c1-9-13(16(2,3)4)11-7-10(8-14)5-6-12(11)15-9/h5-7,15H,1-4H3. The van der Waals surface area contributed by atoms with Crippen LogP contribution in [-0.4, -0.2) is 13.1 Å². The number of nitriles is 1. The topological polar surface area (TPSA) is 39.6 Å². The van der Waals surface area contributed by atoms with E-state index in [4.69, 9.17) is 5.26 Å². The fourth-order valence-electron chi connectivity index (χ4n) is 2.36. The summed E-state index contributed by atoms with van der Waals surface area (Å²) in [6.45, 7) is 9.13. The van der Waals surface area contributed by atoms with Gasteiger partial charge in [0.25, 0.3) is 0 Å². The Bertz CT molecular complexity index is 582. The van der Waals surface area contributed by atoms with Gasteiger partial charge in [0.15, 0.2) is 0 Å². The van der Waals surface area contributed by atoms with Gasteiger partial charge in [-0.3, -0.25) is 0 Å². The second kappa shape index (κ2) is 3.50. The van der Waals surface area contributed by atoms with Crippen molar-refractivity contribution in [2.75, 3.05) is 0 Å². The fourth-order valence-corrected chi connectivity index (χ4v) is 4.57. The van der Waals surface area contributed by atoms with Gasteiger partial charge in [0.1, 0.15) is 0 Å². The van der Waals surface area contributed by atoms with E-state index in [1.165, 1.54) is 16.3 Å². The predicted octanol–water partition coefficient (Wildman–Crippen LogP) is 2.89. The van der Waals surface area contributed by atoms with Crippen LogP contribution in [0.1, 0.15) is 11.3 Å². The smallest absolute Gasteiger partial charge is 0.0991 e.